The van der Waals surface area contributed by atoms with Crippen molar-refractivity contribution in [3.63, 3.8) is 0 Å². The van der Waals surface area contributed by atoms with E-state index in [9.17, 15) is 4.79 Å². The average Bonchev–Trinajstić information content (AvgIpc) is 2.73. The lowest BCUT2D eigenvalue weighted by molar-refractivity contribution is 0.189. The molecule has 0 aliphatic carbocycles. The Morgan fingerprint density at radius 2 is 2.18 bits per heavy atom. The van der Waals surface area contributed by atoms with Crippen LogP contribution in [0, 0.1) is 0 Å². The molecule has 0 aromatic heterocycles. The highest BCUT2D eigenvalue weighted by Gasteiger charge is 2.23. The number of urea groups is 1. The van der Waals surface area contributed by atoms with Crippen molar-refractivity contribution in [2.75, 3.05) is 39.6 Å². The second-order valence-corrected chi connectivity index (χ2v) is 6.27. The molecule has 122 valence electrons. The van der Waals surface area contributed by atoms with Gasteiger partial charge in [0.1, 0.15) is 5.75 Å². The van der Waals surface area contributed by atoms with Gasteiger partial charge in [-0.1, -0.05) is 18.0 Å². The highest BCUT2D eigenvalue weighted by atomic mass is 35.5. The van der Waals surface area contributed by atoms with Gasteiger partial charge in [-0.05, 0) is 45.1 Å². The number of hydrogen-bond donors (Lipinski definition) is 1. The van der Waals surface area contributed by atoms with Gasteiger partial charge in [-0.15, -0.1) is 0 Å². The standard InChI is InChI=1S/C16H24ClN3O2/c1-19(2)13-6-4-5-9-20(11-13)16(21)18-14-10-12(17)7-8-15(14)22-3/h7-8,10,13H,4-6,9,11H2,1-3H3,(H,18,21)/t13-/m0/s1. The summed E-state index contributed by atoms with van der Waals surface area (Å²) in [5, 5.41) is 3.49. The number of ether oxygens (including phenoxy) is 1. The fourth-order valence-electron chi connectivity index (χ4n) is 2.70. The summed E-state index contributed by atoms with van der Waals surface area (Å²) < 4.78 is 5.27. The number of likely N-dealkylation sites (N-methyl/N-ethyl adjacent to an activating group) is 1. The first-order valence-corrected chi connectivity index (χ1v) is 7.95. The largest absolute Gasteiger partial charge is 0.495 e. The Hall–Kier alpha value is -1.46. The maximum absolute atomic E-state index is 12.6. The molecule has 0 bridgehead atoms. The first-order valence-electron chi connectivity index (χ1n) is 7.57. The van der Waals surface area contributed by atoms with Crippen LogP contribution in [-0.4, -0.2) is 56.2 Å². The van der Waals surface area contributed by atoms with Gasteiger partial charge < -0.3 is 19.9 Å². The van der Waals surface area contributed by atoms with Crippen LogP contribution in [0.2, 0.25) is 5.02 Å². The summed E-state index contributed by atoms with van der Waals surface area (Å²) >= 11 is 6.01. The van der Waals surface area contributed by atoms with Gasteiger partial charge in [0, 0.05) is 24.2 Å². The van der Waals surface area contributed by atoms with Gasteiger partial charge in [-0.25, -0.2) is 4.79 Å². The number of carbonyl (C=O) groups excluding carboxylic acids is 1. The fraction of sp³-hybridized carbons (Fsp3) is 0.562. The number of amides is 2. The van der Waals surface area contributed by atoms with Crippen LogP contribution in [0.1, 0.15) is 19.3 Å². The number of carbonyl (C=O) groups is 1. The van der Waals surface area contributed by atoms with Crippen LogP contribution in [0.25, 0.3) is 0 Å². The monoisotopic (exact) mass is 325 g/mol. The van der Waals surface area contributed by atoms with Gasteiger partial charge in [-0.2, -0.15) is 0 Å². The van der Waals surface area contributed by atoms with Gasteiger partial charge in [0.05, 0.1) is 12.8 Å². The van der Waals surface area contributed by atoms with Gasteiger partial charge in [0.2, 0.25) is 0 Å². The van der Waals surface area contributed by atoms with Crippen LogP contribution in [-0.2, 0) is 0 Å². The Morgan fingerprint density at radius 3 is 2.86 bits per heavy atom. The minimum absolute atomic E-state index is 0.102. The number of nitrogens with one attached hydrogen (secondary N) is 1. The minimum atomic E-state index is -0.102. The van der Waals surface area contributed by atoms with Crippen LogP contribution >= 0.6 is 11.6 Å². The fourth-order valence-corrected chi connectivity index (χ4v) is 2.87. The van der Waals surface area contributed by atoms with Crippen molar-refractivity contribution in [1.29, 1.82) is 0 Å². The molecule has 6 heteroatoms. The quantitative estimate of drug-likeness (QED) is 0.927. The predicted octanol–water partition coefficient (Wildman–Crippen LogP) is 3.30. The Bertz CT molecular complexity index is 522. The SMILES string of the molecule is COc1ccc(Cl)cc1NC(=O)N1CCCC[C@H](N(C)C)C1. The molecule has 1 atom stereocenters. The smallest absolute Gasteiger partial charge is 0.322 e. The molecule has 1 heterocycles. The Balaban J connectivity index is 2.09. The van der Waals surface area contributed by atoms with Crippen LogP contribution in [0.15, 0.2) is 18.2 Å². The number of rotatable bonds is 3. The third kappa shape index (κ3) is 4.27. The van der Waals surface area contributed by atoms with Crippen molar-refractivity contribution >= 4 is 23.3 Å². The second kappa shape index (κ2) is 7.70. The zero-order chi connectivity index (χ0) is 16.1. The normalized spacial score (nSPS) is 19.0. The van der Waals surface area contributed by atoms with E-state index in [1.165, 1.54) is 0 Å². The lowest BCUT2D eigenvalue weighted by Crippen LogP contribution is -2.43. The summed E-state index contributed by atoms with van der Waals surface area (Å²) in [5.41, 5.74) is 0.602. The number of hydrogen-bond acceptors (Lipinski definition) is 3. The summed E-state index contributed by atoms with van der Waals surface area (Å²) in [7, 11) is 5.70. The second-order valence-electron chi connectivity index (χ2n) is 5.83. The first-order chi connectivity index (χ1) is 10.5. The molecule has 0 radical (unpaired) electrons. The zero-order valence-corrected chi connectivity index (χ0v) is 14.2. The van der Waals surface area contributed by atoms with E-state index in [-0.39, 0.29) is 6.03 Å². The van der Waals surface area contributed by atoms with Crippen LogP contribution in [0.5, 0.6) is 5.75 Å². The van der Waals surface area contributed by atoms with E-state index in [0.29, 0.717) is 22.5 Å². The molecule has 0 unspecified atom stereocenters. The van der Waals surface area contributed by atoms with Crippen molar-refractivity contribution in [1.82, 2.24) is 9.80 Å². The van der Waals surface area contributed by atoms with Crippen molar-refractivity contribution < 1.29 is 9.53 Å². The van der Waals surface area contributed by atoms with Crippen molar-refractivity contribution in [3.05, 3.63) is 23.2 Å². The number of benzene rings is 1. The minimum Gasteiger partial charge on any atom is -0.495 e. The Morgan fingerprint density at radius 1 is 1.41 bits per heavy atom. The molecule has 1 aromatic carbocycles. The molecule has 1 saturated heterocycles. The summed E-state index contributed by atoms with van der Waals surface area (Å²) in [6, 6.07) is 5.50. The summed E-state index contributed by atoms with van der Waals surface area (Å²) in [4.78, 5) is 16.6. The molecule has 2 amide bonds. The third-order valence-electron chi connectivity index (χ3n) is 4.07. The van der Waals surface area contributed by atoms with Gasteiger partial charge in [0.25, 0.3) is 0 Å². The summed E-state index contributed by atoms with van der Waals surface area (Å²) in [6.45, 7) is 1.51. The first kappa shape index (κ1) is 16.9. The third-order valence-corrected chi connectivity index (χ3v) is 4.30. The Kier molecular flexibility index (Phi) is 5.91. The molecule has 1 aliphatic rings. The molecule has 1 aromatic rings. The molecule has 1 N–H and O–H groups in total. The van der Waals surface area contributed by atoms with Gasteiger partial charge in [-0.3, -0.25) is 0 Å². The van der Waals surface area contributed by atoms with E-state index in [2.05, 4.69) is 24.3 Å². The van der Waals surface area contributed by atoms with Crippen LogP contribution in [0.4, 0.5) is 10.5 Å². The molecule has 2 rings (SSSR count). The van der Waals surface area contributed by atoms with E-state index in [1.807, 2.05) is 4.90 Å². The number of anilines is 1. The molecule has 1 fully saturated rings. The van der Waals surface area contributed by atoms with E-state index in [1.54, 1.807) is 25.3 Å². The molecular formula is C16H24ClN3O2. The lowest BCUT2D eigenvalue weighted by atomic mass is 10.1. The van der Waals surface area contributed by atoms with E-state index in [0.717, 1.165) is 32.4 Å². The molecule has 1 aliphatic heterocycles. The molecular weight excluding hydrogens is 302 g/mol. The van der Waals surface area contributed by atoms with E-state index < -0.39 is 0 Å². The van der Waals surface area contributed by atoms with Crippen molar-refractivity contribution in [3.8, 4) is 5.75 Å². The number of nitrogens with zero attached hydrogens (tertiary/aromatic N) is 2. The average molecular weight is 326 g/mol. The number of likely N-dealkylation sites (tertiary alicyclic amines) is 1. The highest BCUT2D eigenvalue weighted by molar-refractivity contribution is 6.31. The molecule has 0 saturated carbocycles. The number of halogens is 1. The number of methoxy groups -OCH3 is 1. The molecule has 22 heavy (non-hydrogen) atoms. The maximum atomic E-state index is 12.6. The highest BCUT2D eigenvalue weighted by Crippen LogP contribution is 2.28. The van der Waals surface area contributed by atoms with Gasteiger partial charge in [0.15, 0.2) is 0 Å². The topological polar surface area (TPSA) is 44.8 Å². The van der Waals surface area contributed by atoms with Crippen LogP contribution < -0.4 is 10.1 Å². The van der Waals surface area contributed by atoms with E-state index in [4.69, 9.17) is 16.3 Å². The van der Waals surface area contributed by atoms with Crippen LogP contribution in [0.3, 0.4) is 0 Å². The predicted molar refractivity (Wildman–Crippen MR) is 89.9 cm³/mol. The zero-order valence-electron chi connectivity index (χ0n) is 13.4. The lowest BCUT2D eigenvalue weighted by Gasteiger charge is -2.28. The molecule has 0 spiro atoms. The Labute approximate surface area is 137 Å². The van der Waals surface area contributed by atoms with Crippen molar-refractivity contribution in [2.24, 2.45) is 0 Å². The molecule has 5 nitrogen and oxygen atoms in total. The van der Waals surface area contributed by atoms with Crippen molar-refractivity contribution in [2.45, 2.75) is 25.3 Å². The maximum Gasteiger partial charge on any atom is 0.322 e. The summed E-state index contributed by atoms with van der Waals surface area (Å²) in [5.74, 6) is 0.608. The van der Waals surface area contributed by atoms with Gasteiger partial charge >= 0.3 is 6.03 Å². The summed E-state index contributed by atoms with van der Waals surface area (Å²) in [6.07, 6.45) is 3.30. The van der Waals surface area contributed by atoms with E-state index >= 15 is 0 Å².